The molecule has 1 aliphatic heterocycles. The third kappa shape index (κ3) is 3.64. The molecule has 6 nitrogen and oxygen atoms in total. The first kappa shape index (κ1) is 13.7. The first-order valence-corrected chi connectivity index (χ1v) is 6.49. The zero-order valence-electron chi connectivity index (χ0n) is 11.4. The van der Waals surface area contributed by atoms with Gasteiger partial charge in [-0.25, -0.2) is 14.8 Å². The van der Waals surface area contributed by atoms with Gasteiger partial charge in [-0.3, -0.25) is 0 Å². The number of esters is 1. The van der Waals surface area contributed by atoms with Crippen LogP contribution in [-0.2, 0) is 4.74 Å². The molecule has 1 aromatic rings. The molecule has 6 heteroatoms. The summed E-state index contributed by atoms with van der Waals surface area (Å²) in [6.07, 6.45) is 3.93. The average Bonchev–Trinajstić information content (AvgIpc) is 2.45. The Morgan fingerprint density at radius 1 is 1.63 bits per heavy atom. The monoisotopic (exact) mass is 264 g/mol. The topological polar surface area (TPSA) is 76.1 Å². The Hall–Kier alpha value is -1.69. The second kappa shape index (κ2) is 5.97. The number of hydrogen-bond donors (Lipinski definition) is 2. The van der Waals surface area contributed by atoms with Gasteiger partial charge in [0.05, 0.1) is 7.11 Å². The summed E-state index contributed by atoms with van der Waals surface area (Å²) in [6, 6.07) is 1.76. The van der Waals surface area contributed by atoms with Crippen molar-refractivity contribution in [1.82, 2.24) is 15.3 Å². The second-order valence-electron chi connectivity index (χ2n) is 5.20. The molecule has 0 aromatic carbocycles. The predicted molar refractivity (Wildman–Crippen MR) is 72.1 cm³/mol. The molecule has 1 saturated heterocycles. The van der Waals surface area contributed by atoms with Gasteiger partial charge >= 0.3 is 5.97 Å². The number of methoxy groups -OCH3 is 1. The van der Waals surface area contributed by atoms with E-state index in [1.165, 1.54) is 20.0 Å². The summed E-state index contributed by atoms with van der Waals surface area (Å²) in [7, 11) is 1.32. The third-order valence-electron chi connectivity index (χ3n) is 3.41. The minimum Gasteiger partial charge on any atom is -0.463 e. The van der Waals surface area contributed by atoms with Crippen LogP contribution in [0.1, 0.15) is 30.4 Å². The molecule has 2 N–H and O–H groups in total. The Kier molecular flexibility index (Phi) is 4.31. The van der Waals surface area contributed by atoms with E-state index in [9.17, 15) is 4.79 Å². The fourth-order valence-electron chi connectivity index (χ4n) is 2.22. The van der Waals surface area contributed by atoms with Gasteiger partial charge in [-0.05, 0) is 30.9 Å². The number of aromatic nitrogens is 2. The van der Waals surface area contributed by atoms with E-state index in [1.54, 1.807) is 12.3 Å². The summed E-state index contributed by atoms with van der Waals surface area (Å²) in [6.45, 7) is 5.15. The summed E-state index contributed by atoms with van der Waals surface area (Å²) in [5.41, 5.74) is 0.217. The molecule has 0 amide bonds. The number of carbonyl (C=O) groups excluding carboxylic acids is 1. The molecular formula is C13H20N4O2. The predicted octanol–water partition coefficient (Wildman–Crippen LogP) is 1.06. The van der Waals surface area contributed by atoms with Gasteiger partial charge < -0.3 is 15.4 Å². The van der Waals surface area contributed by atoms with Crippen LogP contribution >= 0.6 is 0 Å². The van der Waals surface area contributed by atoms with Crippen molar-refractivity contribution in [2.75, 3.05) is 32.1 Å². The highest BCUT2D eigenvalue weighted by atomic mass is 16.5. The van der Waals surface area contributed by atoms with E-state index in [-0.39, 0.29) is 11.2 Å². The zero-order valence-corrected chi connectivity index (χ0v) is 11.4. The van der Waals surface area contributed by atoms with Gasteiger partial charge in [0.15, 0.2) is 0 Å². The van der Waals surface area contributed by atoms with Gasteiger partial charge in [0, 0.05) is 19.3 Å². The van der Waals surface area contributed by atoms with Gasteiger partial charge in [-0.15, -0.1) is 0 Å². The lowest BCUT2D eigenvalue weighted by Crippen LogP contribution is -2.42. The molecule has 1 aromatic heterocycles. The van der Waals surface area contributed by atoms with E-state index in [4.69, 9.17) is 0 Å². The van der Waals surface area contributed by atoms with Gasteiger partial charge in [-0.2, -0.15) is 0 Å². The minimum absolute atomic E-state index is 0.0828. The van der Waals surface area contributed by atoms with Crippen molar-refractivity contribution < 1.29 is 9.53 Å². The molecule has 0 aliphatic carbocycles. The van der Waals surface area contributed by atoms with Gasteiger partial charge in [0.2, 0.25) is 5.82 Å². The molecule has 0 bridgehead atoms. The highest BCUT2D eigenvalue weighted by Gasteiger charge is 2.26. The molecule has 1 aliphatic rings. The molecule has 0 radical (unpaired) electrons. The van der Waals surface area contributed by atoms with Gasteiger partial charge in [0.25, 0.3) is 0 Å². The van der Waals surface area contributed by atoms with Crippen LogP contribution in [0.4, 0.5) is 5.82 Å². The lowest BCUT2D eigenvalue weighted by atomic mass is 9.83. The maximum absolute atomic E-state index is 11.3. The summed E-state index contributed by atoms with van der Waals surface area (Å²) >= 11 is 0. The van der Waals surface area contributed by atoms with Crippen LogP contribution in [0.2, 0.25) is 0 Å². The normalized spacial score (nSPS) is 22.8. The van der Waals surface area contributed by atoms with Crippen LogP contribution in [0.3, 0.4) is 0 Å². The maximum Gasteiger partial charge on any atom is 0.376 e. The molecule has 1 unspecified atom stereocenters. The van der Waals surface area contributed by atoms with Crippen molar-refractivity contribution in [3.63, 3.8) is 0 Å². The number of piperidine rings is 1. The number of hydrogen-bond acceptors (Lipinski definition) is 6. The highest BCUT2D eigenvalue weighted by Crippen LogP contribution is 2.25. The largest absolute Gasteiger partial charge is 0.463 e. The summed E-state index contributed by atoms with van der Waals surface area (Å²) in [5, 5.41) is 6.68. The van der Waals surface area contributed by atoms with Crippen LogP contribution in [0.25, 0.3) is 0 Å². The summed E-state index contributed by atoms with van der Waals surface area (Å²) < 4.78 is 4.60. The lowest BCUT2D eigenvalue weighted by Gasteiger charge is -2.34. The number of anilines is 1. The van der Waals surface area contributed by atoms with Crippen LogP contribution < -0.4 is 10.6 Å². The molecule has 1 fully saturated rings. The zero-order chi connectivity index (χ0) is 13.7. The number of carbonyl (C=O) groups is 1. The molecule has 2 heterocycles. The molecule has 0 saturated carbocycles. The van der Waals surface area contributed by atoms with E-state index in [0.717, 1.165) is 19.6 Å². The molecule has 104 valence electrons. The van der Waals surface area contributed by atoms with E-state index in [1.807, 2.05) is 0 Å². The smallest absolute Gasteiger partial charge is 0.376 e. The highest BCUT2D eigenvalue weighted by molar-refractivity contribution is 5.85. The number of ether oxygens (including phenoxy) is 1. The number of rotatable bonds is 4. The SMILES string of the molecule is COC(=O)c1nccc(NCC2(C)CCCNC2)n1. The standard InChI is InChI=1S/C13H20N4O2/c1-13(5-3-6-14-8-13)9-16-10-4-7-15-11(17-10)12(18)19-2/h4,7,14H,3,5-6,8-9H2,1-2H3,(H,15,16,17). The first-order valence-electron chi connectivity index (χ1n) is 6.49. The average molecular weight is 264 g/mol. The second-order valence-corrected chi connectivity index (χ2v) is 5.20. The van der Waals surface area contributed by atoms with Crippen LogP contribution in [0.5, 0.6) is 0 Å². The maximum atomic E-state index is 11.3. The molecular weight excluding hydrogens is 244 g/mol. The summed E-state index contributed by atoms with van der Waals surface area (Å²) in [4.78, 5) is 19.4. The van der Waals surface area contributed by atoms with Crippen molar-refractivity contribution in [2.45, 2.75) is 19.8 Å². The summed E-state index contributed by atoms with van der Waals surface area (Å²) in [5.74, 6) is 0.218. The fourth-order valence-corrected chi connectivity index (χ4v) is 2.22. The van der Waals surface area contributed by atoms with Crippen molar-refractivity contribution in [1.29, 1.82) is 0 Å². The van der Waals surface area contributed by atoms with Crippen LogP contribution in [0.15, 0.2) is 12.3 Å². The van der Waals surface area contributed by atoms with Crippen LogP contribution in [-0.4, -0.2) is 42.7 Å². The Bertz CT molecular complexity index is 444. The van der Waals surface area contributed by atoms with Crippen molar-refractivity contribution in [3.8, 4) is 0 Å². The van der Waals surface area contributed by atoms with Crippen molar-refractivity contribution in [2.24, 2.45) is 5.41 Å². The van der Waals surface area contributed by atoms with Crippen molar-refractivity contribution in [3.05, 3.63) is 18.1 Å². The molecule has 2 rings (SSSR count). The molecule has 1 atom stereocenters. The van der Waals surface area contributed by atoms with Gasteiger partial charge in [-0.1, -0.05) is 6.92 Å². The number of nitrogens with zero attached hydrogens (tertiary/aromatic N) is 2. The van der Waals surface area contributed by atoms with E-state index in [2.05, 4.69) is 32.3 Å². The Balaban J connectivity index is 1.97. The quantitative estimate of drug-likeness (QED) is 0.792. The van der Waals surface area contributed by atoms with E-state index in [0.29, 0.717) is 5.82 Å². The lowest BCUT2D eigenvalue weighted by molar-refractivity contribution is 0.0587. The Morgan fingerprint density at radius 3 is 3.16 bits per heavy atom. The first-order chi connectivity index (χ1) is 9.13. The van der Waals surface area contributed by atoms with Gasteiger partial charge in [0.1, 0.15) is 5.82 Å². The minimum atomic E-state index is -0.519. The molecule has 19 heavy (non-hydrogen) atoms. The Morgan fingerprint density at radius 2 is 2.47 bits per heavy atom. The molecule has 0 spiro atoms. The Labute approximate surface area is 113 Å². The van der Waals surface area contributed by atoms with Crippen LogP contribution in [0, 0.1) is 5.41 Å². The van der Waals surface area contributed by atoms with Crippen molar-refractivity contribution >= 4 is 11.8 Å². The fraction of sp³-hybridized carbons (Fsp3) is 0.615. The van der Waals surface area contributed by atoms with E-state index < -0.39 is 5.97 Å². The van der Waals surface area contributed by atoms with E-state index >= 15 is 0 Å². The number of nitrogens with one attached hydrogen (secondary N) is 2. The third-order valence-corrected chi connectivity index (χ3v) is 3.41.